The molecule has 0 bridgehead atoms. The van der Waals surface area contributed by atoms with Crippen LogP contribution in [-0.2, 0) is 12.2 Å². The van der Waals surface area contributed by atoms with E-state index in [9.17, 15) is 0 Å². The molecule has 2 rings (SSSR count). The highest BCUT2D eigenvalue weighted by Crippen LogP contribution is 2.14. The highest BCUT2D eigenvalue weighted by atomic mass is 35.5. The molecule has 0 aliphatic carbocycles. The van der Waals surface area contributed by atoms with Crippen molar-refractivity contribution in [3.8, 4) is 0 Å². The maximum Gasteiger partial charge on any atom is 0.0447 e. The molecule has 0 fully saturated rings. The molecule has 88 valence electrons. The quantitative estimate of drug-likeness (QED) is 0.820. The molecule has 0 saturated carbocycles. The first-order chi connectivity index (χ1) is 8.28. The largest absolute Gasteiger partial charge is 0.261 e. The second-order valence-electron chi connectivity index (χ2n) is 3.89. The smallest absolute Gasteiger partial charge is 0.0447 e. The summed E-state index contributed by atoms with van der Waals surface area (Å²) >= 11 is 7.66. The highest BCUT2D eigenvalue weighted by Gasteiger charge is 1.98. The Kier molecular flexibility index (Phi) is 4.46. The second-order valence-corrected chi connectivity index (χ2v) is 5.20. The predicted molar refractivity (Wildman–Crippen MR) is 75.7 cm³/mol. The molecule has 1 aromatic heterocycles. The molecule has 0 aliphatic heterocycles. The van der Waals surface area contributed by atoms with Gasteiger partial charge in [0.2, 0.25) is 0 Å². The zero-order valence-electron chi connectivity index (χ0n) is 9.69. The van der Waals surface area contributed by atoms with Crippen molar-refractivity contribution >= 4 is 23.4 Å². The van der Waals surface area contributed by atoms with Gasteiger partial charge in [-0.2, -0.15) is 11.8 Å². The van der Waals surface area contributed by atoms with Gasteiger partial charge in [-0.05, 0) is 35.6 Å². The van der Waals surface area contributed by atoms with Gasteiger partial charge in [0.25, 0.3) is 0 Å². The van der Waals surface area contributed by atoms with Crippen molar-refractivity contribution in [1.82, 2.24) is 4.98 Å². The number of pyridine rings is 1. The average molecular weight is 264 g/mol. The van der Waals surface area contributed by atoms with Gasteiger partial charge in [0.15, 0.2) is 0 Å². The van der Waals surface area contributed by atoms with Gasteiger partial charge in [-0.25, -0.2) is 0 Å². The zero-order valence-corrected chi connectivity index (χ0v) is 11.3. The first kappa shape index (κ1) is 12.5. The van der Waals surface area contributed by atoms with Crippen molar-refractivity contribution < 1.29 is 0 Å². The van der Waals surface area contributed by atoms with E-state index in [-0.39, 0.29) is 0 Å². The number of nitrogens with zero attached hydrogens (tertiary/aromatic N) is 1. The van der Waals surface area contributed by atoms with Crippen molar-refractivity contribution in [2.45, 2.75) is 12.2 Å². The summed E-state index contributed by atoms with van der Waals surface area (Å²) in [6, 6.07) is 12.2. The van der Waals surface area contributed by atoms with Crippen molar-refractivity contribution in [1.29, 1.82) is 0 Å². The SMILES string of the molecule is CSCc1ccc(Cc2ccc(Cl)cc2)nc1. The van der Waals surface area contributed by atoms with Gasteiger partial charge in [0.1, 0.15) is 0 Å². The standard InChI is InChI=1S/C14H14ClNS/c1-17-10-12-4-7-14(16-9-12)8-11-2-5-13(15)6-3-11/h2-7,9H,8,10H2,1H3. The number of halogens is 1. The van der Waals surface area contributed by atoms with Crippen LogP contribution in [0.4, 0.5) is 0 Å². The minimum absolute atomic E-state index is 0.775. The minimum Gasteiger partial charge on any atom is -0.261 e. The Morgan fingerprint density at radius 3 is 2.35 bits per heavy atom. The van der Waals surface area contributed by atoms with E-state index in [0.29, 0.717) is 0 Å². The predicted octanol–water partition coefficient (Wildman–Crippen LogP) is 4.19. The molecule has 0 spiro atoms. The van der Waals surface area contributed by atoms with Crippen LogP contribution < -0.4 is 0 Å². The molecule has 1 heterocycles. The number of benzene rings is 1. The van der Waals surface area contributed by atoms with Gasteiger partial charge in [-0.1, -0.05) is 29.8 Å². The van der Waals surface area contributed by atoms with Crippen LogP contribution in [0.15, 0.2) is 42.6 Å². The third-order valence-electron chi connectivity index (χ3n) is 2.50. The van der Waals surface area contributed by atoms with Crippen LogP contribution >= 0.6 is 23.4 Å². The lowest BCUT2D eigenvalue weighted by Gasteiger charge is -2.03. The lowest BCUT2D eigenvalue weighted by atomic mass is 10.1. The van der Waals surface area contributed by atoms with Crippen molar-refractivity contribution in [3.63, 3.8) is 0 Å². The topological polar surface area (TPSA) is 12.9 Å². The monoisotopic (exact) mass is 263 g/mol. The number of rotatable bonds is 4. The summed E-state index contributed by atoms with van der Waals surface area (Å²) in [5.74, 6) is 1.02. The molecule has 1 aromatic carbocycles. The molecule has 3 heteroatoms. The molecule has 0 atom stereocenters. The molecular weight excluding hydrogens is 250 g/mol. The Hall–Kier alpha value is -0.990. The Morgan fingerprint density at radius 1 is 1.06 bits per heavy atom. The average Bonchev–Trinajstić information content (AvgIpc) is 2.35. The van der Waals surface area contributed by atoms with Crippen LogP contribution in [-0.4, -0.2) is 11.2 Å². The Bertz CT molecular complexity index is 465. The van der Waals surface area contributed by atoms with E-state index in [0.717, 1.165) is 22.9 Å². The fraction of sp³-hybridized carbons (Fsp3) is 0.214. The maximum atomic E-state index is 5.85. The van der Waals surface area contributed by atoms with Crippen LogP contribution in [0.2, 0.25) is 5.02 Å². The summed E-state index contributed by atoms with van der Waals surface area (Å²) in [7, 11) is 0. The number of hydrogen-bond acceptors (Lipinski definition) is 2. The van der Waals surface area contributed by atoms with E-state index >= 15 is 0 Å². The summed E-state index contributed by atoms with van der Waals surface area (Å²) in [6.07, 6.45) is 4.92. The van der Waals surface area contributed by atoms with Gasteiger partial charge < -0.3 is 0 Å². The van der Waals surface area contributed by atoms with Crippen molar-refractivity contribution in [3.05, 3.63) is 64.4 Å². The summed E-state index contributed by atoms with van der Waals surface area (Å²) in [5.41, 5.74) is 3.61. The third-order valence-corrected chi connectivity index (χ3v) is 3.37. The fourth-order valence-electron chi connectivity index (χ4n) is 1.62. The molecule has 0 saturated heterocycles. The first-order valence-corrected chi connectivity index (χ1v) is 7.22. The fourth-order valence-corrected chi connectivity index (χ4v) is 2.25. The van der Waals surface area contributed by atoms with E-state index < -0.39 is 0 Å². The van der Waals surface area contributed by atoms with E-state index in [2.05, 4.69) is 23.4 Å². The van der Waals surface area contributed by atoms with E-state index in [1.54, 1.807) is 0 Å². The normalized spacial score (nSPS) is 10.5. The molecule has 0 radical (unpaired) electrons. The second kappa shape index (κ2) is 6.08. The van der Waals surface area contributed by atoms with E-state index in [1.165, 1.54) is 11.1 Å². The third kappa shape index (κ3) is 3.76. The number of thioether (sulfide) groups is 1. The minimum atomic E-state index is 0.775. The summed E-state index contributed by atoms with van der Waals surface area (Å²) in [5, 5.41) is 0.775. The van der Waals surface area contributed by atoms with Crippen LogP contribution in [0.25, 0.3) is 0 Å². The number of hydrogen-bond donors (Lipinski definition) is 0. The van der Waals surface area contributed by atoms with Crippen molar-refractivity contribution in [2.24, 2.45) is 0 Å². The molecule has 2 aromatic rings. The summed E-state index contributed by atoms with van der Waals surface area (Å²) < 4.78 is 0. The lowest BCUT2D eigenvalue weighted by Crippen LogP contribution is -1.93. The Morgan fingerprint density at radius 2 is 1.76 bits per heavy atom. The van der Waals surface area contributed by atoms with Crippen LogP contribution in [0, 0.1) is 0 Å². The van der Waals surface area contributed by atoms with Crippen molar-refractivity contribution in [2.75, 3.05) is 6.26 Å². The van der Waals surface area contributed by atoms with Crippen LogP contribution in [0.1, 0.15) is 16.8 Å². The highest BCUT2D eigenvalue weighted by molar-refractivity contribution is 7.97. The molecule has 1 nitrogen and oxygen atoms in total. The Labute approximate surface area is 111 Å². The van der Waals surface area contributed by atoms with E-state index in [1.807, 2.05) is 42.2 Å². The van der Waals surface area contributed by atoms with E-state index in [4.69, 9.17) is 11.6 Å². The van der Waals surface area contributed by atoms with Gasteiger partial charge in [0, 0.05) is 29.1 Å². The number of aromatic nitrogens is 1. The summed E-state index contributed by atoms with van der Waals surface area (Å²) in [6.45, 7) is 0. The molecule has 0 unspecified atom stereocenters. The molecule has 0 amide bonds. The van der Waals surface area contributed by atoms with Crippen LogP contribution in [0.5, 0.6) is 0 Å². The lowest BCUT2D eigenvalue weighted by molar-refractivity contribution is 1.06. The van der Waals surface area contributed by atoms with Crippen LogP contribution in [0.3, 0.4) is 0 Å². The van der Waals surface area contributed by atoms with Gasteiger partial charge >= 0.3 is 0 Å². The zero-order chi connectivity index (χ0) is 12.1. The first-order valence-electron chi connectivity index (χ1n) is 5.45. The van der Waals surface area contributed by atoms with Gasteiger partial charge in [0.05, 0.1) is 0 Å². The van der Waals surface area contributed by atoms with Gasteiger partial charge in [-0.3, -0.25) is 4.98 Å². The maximum absolute atomic E-state index is 5.85. The molecule has 0 aliphatic rings. The van der Waals surface area contributed by atoms with Gasteiger partial charge in [-0.15, -0.1) is 0 Å². The molecule has 0 N–H and O–H groups in total. The Balaban J connectivity index is 2.05. The molecule has 17 heavy (non-hydrogen) atoms. The molecular formula is C14H14ClNS. The summed E-state index contributed by atoms with van der Waals surface area (Å²) in [4.78, 5) is 4.47.